The van der Waals surface area contributed by atoms with E-state index in [9.17, 15) is 5.26 Å². The van der Waals surface area contributed by atoms with Crippen LogP contribution < -0.4 is 4.90 Å². The van der Waals surface area contributed by atoms with Crippen LogP contribution in [0.15, 0.2) is 30.7 Å². The van der Waals surface area contributed by atoms with E-state index in [4.69, 9.17) is 0 Å². The quantitative estimate of drug-likeness (QED) is 0.821. The Kier molecular flexibility index (Phi) is 2.92. The van der Waals surface area contributed by atoms with Gasteiger partial charge in [0.1, 0.15) is 11.9 Å². The number of aryl methyl sites for hydroxylation is 1. The minimum absolute atomic E-state index is 0.274. The van der Waals surface area contributed by atoms with Crippen molar-refractivity contribution in [3.8, 4) is 6.07 Å². The molecule has 1 aliphatic heterocycles. The Bertz CT molecular complexity index is 625. The topological polar surface area (TPSA) is 57.7 Å². The molecule has 0 radical (unpaired) electrons. The van der Waals surface area contributed by atoms with Gasteiger partial charge in [-0.3, -0.25) is 4.68 Å². The summed E-state index contributed by atoms with van der Waals surface area (Å²) in [4.78, 5) is 6.61. The van der Waals surface area contributed by atoms with E-state index in [2.05, 4.69) is 21.1 Å². The molecule has 1 fully saturated rings. The molecule has 19 heavy (non-hydrogen) atoms. The van der Waals surface area contributed by atoms with Crippen LogP contribution in [0.2, 0.25) is 0 Å². The largest absolute Gasteiger partial charge is 0.348 e. The fourth-order valence-electron chi connectivity index (χ4n) is 2.69. The maximum Gasteiger partial charge on any atom is 0.146 e. The highest BCUT2D eigenvalue weighted by Gasteiger charge is 2.29. The summed E-state index contributed by atoms with van der Waals surface area (Å²) in [5.74, 6) is 0.788. The first-order chi connectivity index (χ1) is 9.29. The van der Waals surface area contributed by atoms with Crippen LogP contribution >= 0.6 is 0 Å². The van der Waals surface area contributed by atoms with Gasteiger partial charge in [0, 0.05) is 31.5 Å². The van der Waals surface area contributed by atoms with Crippen LogP contribution in [0.3, 0.4) is 0 Å². The second kappa shape index (κ2) is 4.73. The zero-order valence-corrected chi connectivity index (χ0v) is 10.8. The van der Waals surface area contributed by atoms with Gasteiger partial charge in [0.15, 0.2) is 0 Å². The van der Waals surface area contributed by atoms with E-state index >= 15 is 0 Å². The fraction of sp³-hybridized carbons (Fsp3) is 0.357. The standard InChI is InChI=1S/C14H15N5/c1-18-10-12(9-17-18)13-5-3-7-19(13)14-11(8-15)4-2-6-16-14/h2,4,6,9-10,13H,3,5,7H2,1H3/t13-/m1/s1. The third-order valence-electron chi connectivity index (χ3n) is 3.54. The highest BCUT2D eigenvalue weighted by atomic mass is 15.3. The lowest BCUT2D eigenvalue weighted by Crippen LogP contribution is -2.24. The smallest absolute Gasteiger partial charge is 0.146 e. The molecule has 1 saturated heterocycles. The molecule has 0 bridgehead atoms. The van der Waals surface area contributed by atoms with Gasteiger partial charge >= 0.3 is 0 Å². The van der Waals surface area contributed by atoms with Crippen molar-refractivity contribution < 1.29 is 0 Å². The van der Waals surface area contributed by atoms with Crippen molar-refractivity contribution in [2.75, 3.05) is 11.4 Å². The molecule has 0 amide bonds. The van der Waals surface area contributed by atoms with Crippen LogP contribution in [0.1, 0.15) is 30.0 Å². The summed E-state index contributed by atoms with van der Waals surface area (Å²) >= 11 is 0. The normalized spacial score (nSPS) is 18.5. The van der Waals surface area contributed by atoms with Crippen LogP contribution in [0.5, 0.6) is 0 Å². The molecular formula is C14H15N5. The van der Waals surface area contributed by atoms with Gasteiger partial charge in [0.2, 0.25) is 0 Å². The van der Waals surface area contributed by atoms with Gasteiger partial charge in [-0.15, -0.1) is 0 Å². The molecule has 96 valence electrons. The molecule has 0 aromatic carbocycles. The van der Waals surface area contributed by atoms with E-state index in [1.807, 2.05) is 30.2 Å². The number of nitriles is 1. The van der Waals surface area contributed by atoms with Gasteiger partial charge in [-0.2, -0.15) is 10.4 Å². The third kappa shape index (κ3) is 2.06. The molecular weight excluding hydrogens is 238 g/mol. The Morgan fingerprint density at radius 1 is 1.47 bits per heavy atom. The lowest BCUT2D eigenvalue weighted by atomic mass is 10.1. The van der Waals surface area contributed by atoms with Gasteiger partial charge in [-0.05, 0) is 25.0 Å². The second-order valence-electron chi connectivity index (χ2n) is 4.79. The molecule has 0 saturated carbocycles. The van der Waals surface area contributed by atoms with E-state index in [0.717, 1.165) is 25.2 Å². The van der Waals surface area contributed by atoms with Crippen molar-refractivity contribution in [3.63, 3.8) is 0 Å². The SMILES string of the molecule is Cn1cc([C@H]2CCCN2c2ncccc2C#N)cn1. The van der Waals surface area contributed by atoms with Crippen LogP contribution in [-0.2, 0) is 7.05 Å². The number of anilines is 1. The predicted molar refractivity (Wildman–Crippen MR) is 71.5 cm³/mol. The Morgan fingerprint density at radius 2 is 2.37 bits per heavy atom. The van der Waals surface area contributed by atoms with Gasteiger partial charge in [0.05, 0.1) is 17.8 Å². The maximum absolute atomic E-state index is 9.21. The van der Waals surface area contributed by atoms with Gasteiger partial charge < -0.3 is 4.90 Å². The van der Waals surface area contributed by atoms with Crippen molar-refractivity contribution in [1.29, 1.82) is 5.26 Å². The molecule has 2 aromatic heterocycles. The Morgan fingerprint density at radius 3 is 3.11 bits per heavy atom. The summed E-state index contributed by atoms with van der Waals surface area (Å²) in [6.07, 6.45) is 7.87. The number of aromatic nitrogens is 3. The van der Waals surface area contributed by atoms with E-state index in [1.165, 1.54) is 5.56 Å². The number of hydrogen-bond acceptors (Lipinski definition) is 4. The van der Waals surface area contributed by atoms with Crippen molar-refractivity contribution >= 4 is 5.82 Å². The van der Waals surface area contributed by atoms with Crippen LogP contribution in [0.4, 0.5) is 5.82 Å². The fourth-order valence-corrected chi connectivity index (χ4v) is 2.69. The number of hydrogen-bond donors (Lipinski definition) is 0. The first kappa shape index (κ1) is 11.7. The maximum atomic E-state index is 9.21. The van der Waals surface area contributed by atoms with Crippen molar-refractivity contribution in [3.05, 3.63) is 41.9 Å². The summed E-state index contributed by atoms with van der Waals surface area (Å²) < 4.78 is 1.81. The summed E-state index contributed by atoms with van der Waals surface area (Å²) in [5, 5.41) is 13.4. The molecule has 1 aliphatic rings. The van der Waals surface area contributed by atoms with Crippen molar-refractivity contribution in [2.45, 2.75) is 18.9 Å². The molecule has 5 heteroatoms. The molecule has 2 aromatic rings. The van der Waals surface area contributed by atoms with E-state index in [1.54, 1.807) is 12.3 Å². The zero-order chi connectivity index (χ0) is 13.2. The molecule has 0 unspecified atom stereocenters. The highest BCUT2D eigenvalue weighted by Crippen LogP contribution is 2.36. The Balaban J connectivity index is 1.98. The van der Waals surface area contributed by atoms with Crippen molar-refractivity contribution in [2.24, 2.45) is 7.05 Å². The van der Waals surface area contributed by atoms with E-state index < -0.39 is 0 Å². The van der Waals surface area contributed by atoms with Crippen molar-refractivity contribution in [1.82, 2.24) is 14.8 Å². The number of rotatable bonds is 2. The third-order valence-corrected chi connectivity index (χ3v) is 3.54. The van der Waals surface area contributed by atoms with Crippen LogP contribution in [-0.4, -0.2) is 21.3 Å². The average Bonchev–Trinajstić information content (AvgIpc) is 3.06. The number of pyridine rings is 1. The van der Waals surface area contributed by atoms with E-state index in [0.29, 0.717) is 5.56 Å². The molecule has 0 aliphatic carbocycles. The lowest BCUT2D eigenvalue weighted by molar-refractivity contribution is 0.707. The lowest BCUT2D eigenvalue weighted by Gasteiger charge is -2.25. The Labute approximate surface area is 112 Å². The predicted octanol–water partition coefficient (Wildman–Crippen LogP) is 2.03. The molecule has 3 heterocycles. The van der Waals surface area contributed by atoms with Gasteiger partial charge in [0.25, 0.3) is 0 Å². The summed E-state index contributed by atoms with van der Waals surface area (Å²) in [6, 6.07) is 6.12. The van der Waals surface area contributed by atoms with Crippen LogP contribution in [0.25, 0.3) is 0 Å². The van der Waals surface area contributed by atoms with Crippen LogP contribution in [0, 0.1) is 11.3 Å². The average molecular weight is 253 g/mol. The monoisotopic (exact) mass is 253 g/mol. The first-order valence-corrected chi connectivity index (χ1v) is 6.40. The minimum atomic E-state index is 0.274. The van der Waals surface area contributed by atoms with Gasteiger partial charge in [-0.25, -0.2) is 4.98 Å². The zero-order valence-electron chi connectivity index (χ0n) is 10.8. The summed E-state index contributed by atoms with van der Waals surface area (Å²) in [6.45, 7) is 0.936. The first-order valence-electron chi connectivity index (χ1n) is 6.40. The minimum Gasteiger partial charge on any atom is -0.348 e. The second-order valence-corrected chi connectivity index (χ2v) is 4.79. The number of nitrogens with zero attached hydrogens (tertiary/aromatic N) is 5. The molecule has 3 rings (SSSR count). The molecule has 0 N–H and O–H groups in total. The summed E-state index contributed by atoms with van der Waals surface area (Å²) in [7, 11) is 1.92. The highest BCUT2D eigenvalue weighted by molar-refractivity contribution is 5.55. The van der Waals surface area contributed by atoms with Gasteiger partial charge in [-0.1, -0.05) is 0 Å². The Hall–Kier alpha value is -2.35. The molecule has 5 nitrogen and oxygen atoms in total. The molecule has 0 spiro atoms. The van der Waals surface area contributed by atoms with E-state index in [-0.39, 0.29) is 6.04 Å². The molecule has 1 atom stereocenters. The summed E-state index contributed by atoms with van der Waals surface area (Å²) in [5.41, 5.74) is 1.83.